The van der Waals surface area contributed by atoms with Crippen LogP contribution >= 0.6 is 11.6 Å². The summed E-state index contributed by atoms with van der Waals surface area (Å²) in [7, 11) is 3.15. The molecule has 1 N–H and O–H groups in total. The summed E-state index contributed by atoms with van der Waals surface area (Å²) in [6.45, 7) is 1.44. The number of nitrogens with one attached hydrogen (secondary N) is 1. The lowest BCUT2D eigenvalue weighted by Crippen LogP contribution is -2.34. The SMILES string of the molecule is Cc1cc(OCc2ccc(F)cc2CNC(=O)N(C)C)c(Cl)c(=O)n1-c1c(F)cccc1F. The lowest BCUT2D eigenvalue weighted by molar-refractivity contribution is 0.217. The number of amides is 2. The molecule has 0 spiro atoms. The quantitative estimate of drug-likeness (QED) is 0.563. The number of carbonyl (C=O) groups excluding carboxylic acids is 1. The second-order valence-electron chi connectivity index (χ2n) is 7.43. The highest BCUT2D eigenvalue weighted by molar-refractivity contribution is 6.31. The minimum absolute atomic E-state index is 0.000216. The Labute approximate surface area is 193 Å². The summed E-state index contributed by atoms with van der Waals surface area (Å²) in [6, 6.07) is 8.28. The van der Waals surface area contributed by atoms with Crippen LogP contribution < -0.4 is 15.6 Å². The van der Waals surface area contributed by atoms with Crippen LogP contribution in [0.2, 0.25) is 5.02 Å². The van der Waals surface area contributed by atoms with Gasteiger partial charge in [0.1, 0.15) is 40.5 Å². The van der Waals surface area contributed by atoms with Crippen LogP contribution in [0.4, 0.5) is 18.0 Å². The first-order valence-electron chi connectivity index (χ1n) is 9.82. The fourth-order valence-corrected chi connectivity index (χ4v) is 3.34. The van der Waals surface area contributed by atoms with E-state index in [4.69, 9.17) is 16.3 Å². The zero-order valence-electron chi connectivity index (χ0n) is 18.1. The van der Waals surface area contributed by atoms with Gasteiger partial charge in [-0.1, -0.05) is 23.7 Å². The molecule has 33 heavy (non-hydrogen) atoms. The molecule has 1 aromatic heterocycles. The fourth-order valence-electron chi connectivity index (χ4n) is 3.15. The summed E-state index contributed by atoms with van der Waals surface area (Å²) in [4.78, 5) is 25.9. The summed E-state index contributed by atoms with van der Waals surface area (Å²) >= 11 is 6.17. The van der Waals surface area contributed by atoms with E-state index in [2.05, 4.69) is 5.32 Å². The molecule has 3 aromatic rings. The highest BCUT2D eigenvalue weighted by atomic mass is 35.5. The van der Waals surface area contributed by atoms with E-state index in [0.29, 0.717) is 11.1 Å². The molecule has 2 aromatic carbocycles. The van der Waals surface area contributed by atoms with Gasteiger partial charge in [-0.05, 0) is 42.3 Å². The maximum atomic E-state index is 14.2. The number of hydrogen-bond acceptors (Lipinski definition) is 3. The van der Waals surface area contributed by atoms with Crippen molar-refractivity contribution in [2.75, 3.05) is 14.1 Å². The van der Waals surface area contributed by atoms with E-state index in [1.165, 1.54) is 42.2 Å². The number of para-hydroxylation sites is 1. The van der Waals surface area contributed by atoms with E-state index in [1.807, 2.05) is 0 Å². The molecule has 0 saturated heterocycles. The van der Waals surface area contributed by atoms with Gasteiger partial charge in [0.2, 0.25) is 0 Å². The van der Waals surface area contributed by atoms with Gasteiger partial charge in [0.25, 0.3) is 5.56 Å². The van der Waals surface area contributed by atoms with Crippen LogP contribution in [0.15, 0.2) is 47.3 Å². The number of rotatable bonds is 6. The lowest BCUT2D eigenvalue weighted by atomic mass is 10.1. The Morgan fingerprint density at radius 2 is 1.76 bits per heavy atom. The van der Waals surface area contributed by atoms with Gasteiger partial charge in [0.05, 0.1) is 0 Å². The van der Waals surface area contributed by atoms with E-state index in [-0.39, 0.29) is 35.6 Å². The molecule has 0 aliphatic rings. The van der Waals surface area contributed by atoms with Crippen LogP contribution in [0.3, 0.4) is 0 Å². The van der Waals surface area contributed by atoms with Crippen LogP contribution in [-0.2, 0) is 13.2 Å². The Morgan fingerprint density at radius 1 is 1.09 bits per heavy atom. The molecule has 6 nitrogen and oxygen atoms in total. The molecule has 174 valence electrons. The third-order valence-corrected chi connectivity index (χ3v) is 5.20. The number of nitrogens with zero attached hydrogens (tertiary/aromatic N) is 2. The van der Waals surface area contributed by atoms with E-state index in [0.717, 1.165) is 16.7 Å². The van der Waals surface area contributed by atoms with Gasteiger partial charge in [-0.15, -0.1) is 0 Å². The van der Waals surface area contributed by atoms with Gasteiger partial charge < -0.3 is 15.0 Å². The maximum absolute atomic E-state index is 14.2. The summed E-state index contributed by atoms with van der Waals surface area (Å²) in [6.07, 6.45) is 0. The largest absolute Gasteiger partial charge is 0.487 e. The molecular weight excluding hydrogens is 459 g/mol. The molecule has 0 atom stereocenters. The van der Waals surface area contributed by atoms with Crippen molar-refractivity contribution >= 4 is 17.6 Å². The molecule has 1 heterocycles. The first-order chi connectivity index (χ1) is 15.6. The van der Waals surface area contributed by atoms with E-state index < -0.39 is 28.7 Å². The average molecular weight is 480 g/mol. The molecule has 0 aliphatic carbocycles. The zero-order chi connectivity index (χ0) is 24.3. The van der Waals surface area contributed by atoms with Gasteiger partial charge in [0.15, 0.2) is 0 Å². The van der Waals surface area contributed by atoms with Crippen molar-refractivity contribution in [3.8, 4) is 11.4 Å². The Balaban J connectivity index is 1.89. The topological polar surface area (TPSA) is 63.6 Å². The van der Waals surface area contributed by atoms with Crippen LogP contribution in [0.5, 0.6) is 5.75 Å². The van der Waals surface area contributed by atoms with Gasteiger partial charge in [-0.3, -0.25) is 9.36 Å². The number of ether oxygens (including phenoxy) is 1. The van der Waals surface area contributed by atoms with E-state index in [1.54, 1.807) is 14.1 Å². The number of carbonyl (C=O) groups is 1. The Bertz CT molecular complexity index is 1240. The number of aromatic nitrogens is 1. The number of urea groups is 1. The second-order valence-corrected chi connectivity index (χ2v) is 7.81. The standard InChI is InChI=1S/C23H21ClF3N3O3/c1-13-9-19(20(24)22(31)30(13)21-17(26)5-4-6-18(21)27)33-12-14-7-8-16(25)10-15(14)11-28-23(32)29(2)3/h4-10H,11-12H2,1-3H3,(H,28,32). The van der Waals surface area contributed by atoms with Crippen molar-refractivity contribution in [3.63, 3.8) is 0 Å². The van der Waals surface area contributed by atoms with Crippen molar-refractivity contribution in [2.24, 2.45) is 0 Å². The zero-order valence-corrected chi connectivity index (χ0v) is 18.8. The average Bonchev–Trinajstić information content (AvgIpc) is 2.76. The number of pyridine rings is 1. The van der Waals surface area contributed by atoms with Crippen molar-refractivity contribution in [2.45, 2.75) is 20.1 Å². The van der Waals surface area contributed by atoms with Crippen LogP contribution in [0.25, 0.3) is 5.69 Å². The van der Waals surface area contributed by atoms with Gasteiger partial charge in [-0.2, -0.15) is 0 Å². The summed E-state index contributed by atoms with van der Waals surface area (Å²) in [5, 5.41) is 2.28. The Morgan fingerprint density at radius 3 is 2.39 bits per heavy atom. The van der Waals surface area contributed by atoms with Crippen LogP contribution in [0.1, 0.15) is 16.8 Å². The molecule has 2 amide bonds. The molecule has 0 saturated carbocycles. The molecule has 0 fully saturated rings. The number of aryl methyl sites for hydroxylation is 1. The third-order valence-electron chi connectivity index (χ3n) is 4.85. The number of hydrogen-bond donors (Lipinski definition) is 1. The van der Waals surface area contributed by atoms with Crippen LogP contribution in [0, 0.1) is 24.4 Å². The molecule has 0 radical (unpaired) electrons. The van der Waals surface area contributed by atoms with Crippen molar-refractivity contribution in [1.29, 1.82) is 0 Å². The molecule has 0 unspecified atom stereocenters. The Kier molecular flexibility index (Phi) is 7.33. The van der Waals surface area contributed by atoms with E-state index >= 15 is 0 Å². The summed E-state index contributed by atoms with van der Waals surface area (Å²) < 4.78 is 48.7. The smallest absolute Gasteiger partial charge is 0.317 e. The summed E-state index contributed by atoms with van der Waals surface area (Å²) in [5.74, 6) is -2.32. The van der Waals surface area contributed by atoms with Gasteiger partial charge >= 0.3 is 6.03 Å². The molecule has 10 heteroatoms. The molecule has 0 bridgehead atoms. The first-order valence-corrected chi connectivity index (χ1v) is 10.2. The molecular formula is C23H21ClF3N3O3. The fraction of sp³-hybridized carbons (Fsp3) is 0.217. The monoisotopic (exact) mass is 479 g/mol. The first kappa shape index (κ1) is 24.2. The van der Waals surface area contributed by atoms with Crippen molar-refractivity contribution < 1.29 is 22.7 Å². The molecule has 3 rings (SSSR count). The van der Waals surface area contributed by atoms with Gasteiger partial charge in [-0.25, -0.2) is 18.0 Å². The number of halogens is 4. The van der Waals surface area contributed by atoms with Crippen molar-refractivity contribution in [3.05, 3.63) is 92.1 Å². The maximum Gasteiger partial charge on any atom is 0.317 e. The van der Waals surface area contributed by atoms with E-state index in [9.17, 15) is 22.8 Å². The predicted molar refractivity (Wildman–Crippen MR) is 118 cm³/mol. The minimum atomic E-state index is -0.916. The minimum Gasteiger partial charge on any atom is -0.487 e. The second kappa shape index (κ2) is 9.99. The third kappa shape index (κ3) is 5.31. The van der Waals surface area contributed by atoms with Crippen LogP contribution in [-0.4, -0.2) is 29.6 Å². The van der Waals surface area contributed by atoms with Crippen molar-refractivity contribution in [1.82, 2.24) is 14.8 Å². The Hall–Kier alpha value is -3.46. The highest BCUT2D eigenvalue weighted by Crippen LogP contribution is 2.27. The van der Waals surface area contributed by atoms with Gasteiger partial charge in [0, 0.05) is 32.4 Å². The lowest BCUT2D eigenvalue weighted by Gasteiger charge is -2.17. The summed E-state index contributed by atoms with van der Waals surface area (Å²) in [5.41, 5.74) is -0.173. The number of benzene rings is 2. The molecule has 0 aliphatic heterocycles. The normalized spacial score (nSPS) is 10.8. The predicted octanol–water partition coefficient (Wildman–Crippen LogP) is 4.57. The highest BCUT2D eigenvalue weighted by Gasteiger charge is 2.19.